The lowest BCUT2D eigenvalue weighted by atomic mass is 10.1. The molecule has 120 valence electrons. The van der Waals surface area contributed by atoms with E-state index in [2.05, 4.69) is 17.0 Å². The first-order chi connectivity index (χ1) is 10.1. The molecule has 4 nitrogen and oxygen atoms in total. The second kappa shape index (κ2) is 10.2. The number of sulfonamides is 1. The number of rotatable bonds is 11. The minimum atomic E-state index is -3.36. The summed E-state index contributed by atoms with van der Waals surface area (Å²) >= 11 is 1.72. The molecule has 0 aliphatic rings. The summed E-state index contributed by atoms with van der Waals surface area (Å²) in [6.45, 7) is 4.57. The summed E-state index contributed by atoms with van der Waals surface area (Å²) in [6.07, 6.45) is 4.91. The van der Waals surface area contributed by atoms with Crippen LogP contribution in [0.5, 0.6) is 0 Å². The fraction of sp³-hybridized carbons (Fsp3) is 0.600. The van der Waals surface area contributed by atoms with Crippen LogP contribution in [0.4, 0.5) is 0 Å². The Hall–Kier alpha value is -0.560. The highest BCUT2D eigenvalue weighted by Gasteiger charge is 2.12. The lowest BCUT2D eigenvalue weighted by Crippen LogP contribution is -2.25. The van der Waals surface area contributed by atoms with Crippen molar-refractivity contribution in [3.63, 3.8) is 0 Å². The molecule has 0 heterocycles. The van der Waals surface area contributed by atoms with Crippen LogP contribution in [0, 0.1) is 0 Å². The summed E-state index contributed by atoms with van der Waals surface area (Å²) in [5, 5.41) is 3.34. The van der Waals surface area contributed by atoms with Crippen molar-refractivity contribution in [2.24, 2.45) is 0 Å². The standard InChI is InChI=1S/C15H26N2O2S2/c1-3-10-16-12-9-14-5-7-15(8-6-14)21(18,19)17-11-4-13-20-2/h5-8,16-17H,3-4,9-13H2,1-2H3. The molecule has 0 atom stereocenters. The van der Waals surface area contributed by atoms with E-state index in [1.54, 1.807) is 23.9 Å². The SMILES string of the molecule is CCCNCCc1ccc(S(=O)(=O)NCCCSC)cc1. The molecule has 0 aliphatic heterocycles. The van der Waals surface area contributed by atoms with Gasteiger partial charge >= 0.3 is 0 Å². The van der Waals surface area contributed by atoms with E-state index >= 15 is 0 Å². The van der Waals surface area contributed by atoms with Gasteiger partial charge in [0.25, 0.3) is 0 Å². The molecular weight excluding hydrogens is 304 g/mol. The molecule has 0 aliphatic carbocycles. The predicted octanol–water partition coefficient (Wildman–Crippen LogP) is 2.26. The van der Waals surface area contributed by atoms with Gasteiger partial charge in [-0.15, -0.1) is 0 Å². The first-order valence-corrected chi connectivity index (χ1v) is 10.3. The minimum Gasteiger partial charge on any atom is -0.316 e. The Morgan fingerprint density at radius 3 is 2.43 bits per heavy atom. The van der Waals surface area contributed by atoms with E-state index in [-0.39, 0.29) is 0 Å². The molecule has 0 saturated heterocycles. The monoisotopic (exact) mass is 330 g/mol. The summed E-state index contributed by atoms with van der Waals surface area (Å²) in [4.78, 5) is 0.344. The number of benzene rings is 1. The zero-order chi connectivity index (χ0) is 15.6. The molecule has 0 amide bonds. The Balaban J connectivity index is 2.48. The summed E-state index contributed by atoms with van der Waals surface area (Å²) in [7, 11) is -3.36. The lowest BCUT2D eigenvalue weighted by molar-refractivity contribution is 0.581. The van der Waals surface area contributed by atoms with Crippen molar-refractivity contribution in [3.05, 3.63) is 29.8 Å². The van der Waals surface area contributed by atoms with Gasteiger partial charge in [-0.2, -0.15) is 11.8 Å². The lowest BCUT2D eigenvalue weighted by Gasteiger charge is -2.08. The highest BCUT2D eigenvalue weighted by Crippen LogP contribution is 2.11. The molecule has 6 heteroatoms. The smallest absolute Gasteiger partial charge is 0.240 e. The van der Waals surface area contributed by atoms with Gasteiger partial charge in [0.05, 0.1) is 4.90 Å². The molecule has 0 radical (unpaired) electrons. The van der Waals surface area contributed by atoms with Gasteiger partial charge in [0.2, 0.25) is 10.0 Å². The van der Waals surface area contributed by atoms with E-state index in [1.165, 1.54) is 0 Å². The molecule has 0 saturated carbocycles. The third kappa shape index (κ3) is 7.31. The highest BCUT2D eigenvalue weighted by molar-refractivity contribution is 7.98. The number of thioether (sulfide) groups is 1. The minimum absolute atomic E-state index is 0.344. The van der Waals surface area contributed by atoms with Crippen LogP contribution >= 0.6 is 11.8 Å². The maximum absolute atomic E-state index is 12.1. The van der Waals surface area contributed by atoms with Crippen LogP contribution in [-0.2, 0) is 16.4 Å². The van der Waals surface area contributed by atoms with Gasteiger partial charge in [-0.05, 0) is 62.1 Å². The van der Waals surface area contributed by atoms with Gasteiger partial charge in [-0.1, -0.05) is 19.1 Å². The molecule has 1 rings (SSSR count). The molecule has 1 aromatic rings. The Labute approximate surface area is 133 Å². The van der Waals surface area contributed by atoms with Crippen LogP contribution in [0.3, 0.4) is 0 Å². The van der Waals surface area contributed by atoms with E-state index in [9.17, 15) is 8.42 Å². The summed E-state index contributed by atoms with van der Waals surface area (Å²) in [5.74, 6) is 0.965. The topological polar surface area (TPSA) is 58.2 Å². The van der Waals surface area contributed by atoms with Gasteiger partial charge < -0.3 is 5.32 Å². The maximum Gasteiger partial charge on any atom is 0.240 e. The number of hydrogen-bond donors (Lipinski definition) is 2. The van der Waals surface area contributed by atoms with Crippen molar-refractivity contribution < 1.29 is 8.42 Å². The van der Waals surface area contributed by atoms with Crippen molar-refractivity contribution in [2.45, 2.75) is 31.1 Å². The van der Waals surface area contributed by atoms with E-state index < -0.39 is 10.0 Å². The van der Waals surface area contributed by atoms with Gasteiger partial charge in [0.15, 0.2) is 0 Å². The van der Waals surface area contributed by atoms with Crippen LogP contribution in [0.1, 0.15) is 25.3 Å². The number of hydrogen-bond acceptors (Lipinski definition) is 4. The molecular formula is C15H26N2O2S2. The fourth-order valence-electron chi connectivity index (χ4n) is 1.88. The molecule has 1 aromatic carbocycles. The summed E-state index contributed by atoms with van der Waals surface area (Å²) in [5.41, 5.74) is 1.15. The van der Waals surface area contributed by atoms with Crippen molar-refractivity contribution in [1.29, 1.82) is 0 Å². The zero-order valence-electron chi connectivity index (χ0n) is 12.9. The van der Waals surface area contributed by atoms with Crippen LogP contribution in [-0.4, -0.2) is 40.1 Å². The Bertz CT molecular complexity index is 487. The van der Waals surface area contributed by atoms with Crippen molar-refractivity contribution >= 4 is 21.8 Å². The molecule has 0 aromatic heterocycles. The summed E-state index contributed by atoms with van der Waals surface area (Å²) in [6, 6.07) is 7.16. The molecule has 0 unspecified atom stereocenters. The molecule has 0 bridgehead atoms. The van der Waals surface area contributed by atoms with Crippen molar-refractivity contribution in [3.8, 4) is 0 Å². The predicted molar refractivity (Wildman–Crippen MR) is 91.5 cm³/mol. The van der Waals surface area contributed by atoms with Crippen LogP contribution < -0.4 is 10.0 Å². The first kappa shape index (κ1) is 18.5. The summed E-state index contributed by atoms with van der Waals surface area (Å²) < 4.78 is 26.8. The Kier molecular flexibility index (Phi) is 8.99. The first-order valence-electron chi connectivity index (χ1n) is 7.38. The Morgan fingerprint density at radius 1 is 1.10 bits per heavy atom. The maximum atomic E-state index is 12.1. The van der Waals surface area contributed by atoms with Crippen molar-refractivity contribution in [1.82, 2.24) is 10.0 Å². The Morgan fingerprint density at radius 2 is 1.81 bits per heavy atom. The fourth-order valence-corrected chi connectivity index (χ4v) is 3.38. The highest BCUT2D eigenvalue weighted by atomic mass is 32.2. The second-order valence-electron chi connectivity index (χ2n) is 4.89. The second-order valence-corrected chi connectivity index (χ2v) is 7.64. The van der Waals surface area contributed by atoms with Crippen LogP contribution in [0.2, 0.25) is 0 Å². The molecule has 21 heavy (non-hydrogen) atoms. The third-order valence-electron chi connectivity index (χ3n) is 3.07. The van der Waals surface area contributed by atoms with E-state index in [1.807, 2.05) is 18.4 Å². The van der Waals surface area contributed by atoms with Gasteiger partial charge in [0.1, 0.15) is 0 Å². The van der Waals surface area contributed by atoms with Gasteiger partial charge in [-0.25, -0.2) is 13.1 Å². The molecule has 2 N–H and O–H groups in total. The molecule has 0 spiro atoms. The van der Waals surface area contributed by atoms with Crippen molar-refractivity contribution in [2.75, 3.05) is 31.6 Å². The molecule has 0 fully saturated rings. The van der Waals surface area contributed by atoms with E-state index in [0.717, 1.165) is 43.7 Å². The van der Waals surface area contributed by atoms with Crippen LogP contribution in [0.25, 0.3) is 0 Å². The largest absolute Gasteiger partial charge is 0.316 e. The zero-order valence-corrected chi connectivity index (χ0v) is 14.5. The normalized spacial score (nSPS) is 11.7. The van der Waals surface area contributed by atoms with Crippen LogP contribution in [0.15, 0.2) is 29.2 Å². The average molecular weight is 331 g/mol. The van der Waals surface area contributed by atoms with E-state index in [0.29, 0.717) is 11.4 Å². The van der Waals surface area contributed by atoms with Gasteiger partial charge in [0, 0.05) is 6.54 Å². The van der Waals surface area contributed by atoms with Gasteiger partial charge in [-0.3, -0.25) is 0 Å². The average Bonchev–Trinajstić information content (AvgIpc) is 2.49. The quantitative estimate of drug-likeness (QED) is 0.611. The number of nitrogens with one attached hydrogen (secondary N) is 2. The third-order valence-corrected chi connectivity index (χ3v) is 5.24. The van der Waals surface area contributed by atoms with E-state index in [4.69, 9.17) is 0 Å².